The third-order valence-corrected chi connectivity index (χ3v) is 5.14. The van der Waals surface area contributed by atoms with E-state index in [1.54, 1.807) is 6.92 Å². The van der Waals surface area contributed by atoms with Crippen molar-refractivity contribution in [2.75, 3.05) is 37.0 Å². The Morgan fingerprint density at radius 1 is 1.21 bits per heavy atom. The summed E-state index contributed by atoms with van der Waals surface area (Å²) in [6.07, 6.45) is 7.25. The highest BCUT2D eigenvalue weighted by atomic mass is 35.5. The normalized spacial score (nSPS) is 16.0. The van der Waals surface area contributed by atoms with Gasteiger partial charge in [0.1, 0.15) is 0 Å². The van der Waals surface area contributed by atoms with E-state index < -0.39 is 0 Å². The van der Waals surface area contributed by atoms with Crippen molar-refractivity contribution in [1.29, 1.82) is 0 Å². The van der Waals surface area contributed by atoms with Crippen LogP contribution in [0, 0.1) is 6.92 Å². The summed E-state index contributed by atoms with van der Waals surface area (Å²) in [6, 6.07) is 6.43. The van der Waals surface area contributed by atoms with E-state index in [0.29, 0.717) is 5.88 Å². The van der Waals surface area contributed by atoms with E-state index in [2.05, 4.69) is 30.0 Å². The number of carbonyl (C=O) groups is 1. The number of benzene rings is 1. The summed E-state index contributed by atoms with van der Waals surface area (Å²) in [6.45, 7) is 7.85. The largest absolute Gasteiger partial charge is 0.311 e. The van der Waals surface area contributed by atoms with Crippen LogP contribution in [0.5, 0.6) is 0 Å². The number of nitrogens with zero attached hydrogens (tertiary/aromatic N) is 2. The molecule has 4 heteroatoms. The Labute approximate surface area is 152 Å². The van der Waals surface area contributed by atoms with E-state index in [9.17, 15) is 4.79 Å². The highest BCUT2D eigenvalue weighted by Gasteiger charge is 2.16. The molecule has 1 aliphatic rings. The van der Waals surface area contributed by atoms with Crippen LogP contribution in [-0.2, 0) is 11.2 Å². The Morgan fingerprint density at radius 3 is 2.50 bits per heavy atom. The number of hydrogen-bond donors (Lipinski definition) is 0. The molecule has 0 bridgehead atoms. The van der Waals surface area contributed by atoms with Crippen molar-refractivity contribution in [2.24, 2.45) is 0 Å². The number of hydrogen-bond acceptors (Lipinski definition) is 2. The summed E-state index contributed by atoms with van der Waals surface area (Å²) in [5.41, 5.74) is 3.52. The summed E-state index contributed by atoms with van der Waals surface area (Å²) in [7, 11) is 0. The number of amides is 1. The molecule has 1 aliphatic heterocycles. The van der Waals surface area contributed by atoms with Gasteiger partial charge in [-0.05, 0) is 62.9 Å². The molecular formula is C20H31ClN2O. The van der Waals surface area contributed by atoms with Crippen molar-refractivity contribution >= 4 is 23.2 Å². The fourth-order valence-corrected chi connectivity index (χ4v) is 3.63. The molecule has 1 aromatic carbocycles. The molecule has 134 valence electrons. The van der Waals surface area contributed by atoms with Crippen LogP contribution in [0.2, 0.25) is 0 Å². The zero-order valence-corrected chi connectivity index (χ0v) is 15.9. The van der Waals surface area contributed by atoms with E-state index >= 15 is 0 Å². The highest BCUT2D eigenvalue weighted by Crippen LogP contribution is 2.22. The fourth-order valence-electron chi connectivity index (χ4n) is 3.50. The predicted molar refractivity (Wildman–Crippen MR) is 103 cm³/mol. The average Bonchev–Trinajstić information content (AvgIpc) is 2.83. The van der Waals surface area contributed by atoms with Gasteiger partial charge in [-0.1, -0.05) is 25.0 Å². The molecule has 1 aromatic rings. The predicted octanol–water partition coefficient (Wildman–Crippen LogP) is 4.40. The second kappa shape index (κ2) is 10.0. The van der Waals surface area contributed by atoms with Gasteiger partial charge >= 0.3 is 0 Å². The molecule has 2 rings (SSSR count). The quantitative estimate of drug-likeness (QED) is 0.680. The zero-order valence-electron chi connectivity index (χ0n) is 15.2. The van der Waals surface area contributed by atoms with Crippen LogP contribution in [0.3, 0.4) is 0 Å². The van der Waals surface area contributed by atoms with Crippen LogP contribution in [0.4, 0.5) is 5.69 Å². The lowest BCUT2D eigenvalue weighted by atomic mass is 10.0. The van der Waals surface area contributed by atoms with Gasteiger partial charge in [-0.25, -0.2) is 0 Å². The Kier molecular flexibility index (Phi) is 8.07. The summed E-state index contributed by atoms with van der Waals surface area (Å²) in [5, 5.41) is 0. The van der Waals surface area contributed by atoms with E-state index in [4.69, 9.17) is 11.6 Å². The number of rotatable bonds is 7. The summed E-state index contributed by atoms with van der Waals surface area (Å²) >= 11 is 5.78. The summed E-state index contributed by atoms with van der Waals surface area (Å²) in [4.78, 5) is 16.6. The third-order valence-electron chi connectivity index (χ3n) is 4.87. The smallest absolute Gasteiger partial charge is 0.223 e. The lowest BCUT2D eigenvalue weighted by Crippen LogP contribution is -2.38. The first-order valence-corrected chi connectivity index (χ1v) is 9.81. The molecule has 0 unspecified atom stereocenters. The number of carbonyl (C=O) groups excluding carboxylic acids is 1. The molecule has 1 amide bonds. The SMILES string of the molecule is CC(=O)N(CCN1CCCCCC1)c1ccc(CCCCl)cc1C. The number of anilines is 1. The first-order chi connectivity index (χ1) is 11.6. The van der Waals surface area contributed by atoms with Gasteiger partial charge < -0.3 is 9.80 Å². The van der Waals surface area contributed by atoms with E-state index in [1.807, 2.05) is 4.90 Å². The van der Waals surface area contributed by atoms with Crippen molar-refractivity contribution in [1.82, 2.24) is 4.90 Å². The average molecular weight is 351 g/mol. The van der Waals surface area contributed by atoms with Crippen molar-refractivity contribution in [3.05, 3.63) is 29.3 Å². The molecule has 3 nitrogen and oxygen atoms in total. The molecule has 0 N–H and O–H groups in total. The van der Waals surface area contributed by atoms with Gasteiger partial charge in [-0.15, -0.1) is 11.6 Å². The van der Waals surface area contributed by atoms with Crippen LogP contribution in [0.15, 0.2) is 18.2 Å². The van der Waals surface area contributed by atoms with Gasteiger partial charge in [0, 0.05) is 31.6 Å². The number of aryl methyl sites for hydroxylation is 2. The third kappa shape index (κ3) is 5.78. The van der Waals surface area contributed by atoms with Crippen molar-refractivity contribution in [3.63, 3.8) is 0 Å². The summed E-state index contributed by atoms with van der Waals surface area (Å²) in [5.74, 6) is 0.817. The summed E-state index contributed by atoms with van der Waals surface area (Å²) < 4.78 is 0. The minimum absolute atomic E-state index is 0.126. The Balaban J connectivity index is 2.02. The second-order valence-corrected chi connectivity index (χ2v) is 7.22. The molecule has 0 radical (unpaired) electrons. The standard InChI is InChI=1S/C20H31ClN2O/c1-17-16-19(8-7-11-21)9-10-20(17)23(18(2)24)15-14-22-12-5-3-4-6-13-22/h9-10,16H,3-8,11-15H2,1-2H3. The Hall–Kier alpha value is -1.06. The first-order valence-electron chi connectivity index (χ1n) is 9.28. The van der Waals surface area contributed by atoms with Crippen molar-refractivity contribution < 1.29 is 4.79 Å². The maximum Gasteiger partial charge on any atom is 0.223 e. The van der Waals surface area contributed by atoms with Gasteiger partial charge in [0.05, 0.1) is 0 Å². The van der Waals surface area contributed by atoms with Gasteiger partial charge in [0.2, 0.25) is 5.91 Å². The molecule has 0 saturated carbocycles. The van der Waals surface area contributed by atoms with Crippen molar-refractivity contribution in [2.45, 2.75) is 52.4 Å². The van der Waals surface area contributed by atoms with Crippen molar-refractivity contribution in [3.8, 4) is 0 Å². The van der Waals surface area contributed by atoms with E-state index in [-0.39, 0.29) is 5.91 Å². The van der Waals surface area contributed by atoms with E-state index in [1.165, 1.54) is 49.9 Å². The molecule has 0 aromatic heterocycles. The Bertz CT molecular complexity index is 524. The number of likely N-dealkylation sites (tertiary alicyclic amines) is 1. The molecular weight excluding hydrogens is 320 g/mol. The lowest BCUT2D eigenvalue weighted by molar-refractivity contribution is -0.116. The monoisotopic (exact) mass is 350 g/mol. The number of halogens is 1. The van der Waals surface area contributed by atoms with E-state index in [0.717, 1.165) is 31.6 Å². The Morgan fingerprint density at radius 2 is 1.92 bits per heavy atom. The lowest BCUT2D eigenvalue weighted by Gasteiger charge is -2.27. The molecule has 1 fully saturated rings. The van der Waals surface area contributed by atoms with Crippen LogP contribution >= 0.6 is 11.6 Å². The van der Waals surface area contributed by atoms with Gasteiger partial charge in [-0.2, -0.15) is 0 Å². The molecule has 0 atom stereocenters. The van der Waals surface area contributed by atoms with Crippen LogP contribution < -0.4 is 4.90 Å². The van der Waals surface area contributed by atoms with Crippen LogP contribution in [0.25, 0.3) is 0 Å². The maximum absolute atomic E-state index is 12.2. The molecule has 0 aliphatic carbocycles. The number of alkyl halides is 1. The van der Waals surface area contributed by atoms with Gasteiger partial charge in [0.15, 0.2) is 0 Å². The highest BCUT2D eigenvalue weighted by molar-refractivity contribution is 6.17. The van der Waals surface area contributed by atoms with Crippen LogP contribution in [0.1, 0.15) is 50.2 Å². The van der Waals surface area contributed by atoms with Crippen LogP contribution in [-0.4, -0.2) is 42.9 Å². The minimum atomic E-state index is 0.126. The molecule has 24 heavy (non-hydrogen) atoms. The topological polar surface area (TPSA) is 23.6 Å². The minimum Gasteiger partial charge on any atom is -0.311 e. The molecule has 0 spiro atoms. The van der Waals surface area contributed by atoms with Gasteiger partial charge in [-0.3, -0.25) is 4.79 Å². The maximum atomic E-state index is 12.2. The zero-order chi connectivity index (χ0) is 17.4. The van der Waals surface area contributed by atoms with Gasteiger partial charge in [0.25, 0.3) is 0 Å². The molecule has 1 saturated heterocycles. The molecule has 1 heterocycles. The first kappa shape index (κ1) is 19.3. The fraction of sp³-hybridized carbons (Fsp3) is 0.650. The second-order valence-electron chi connectivity index (χ2n) is 6.84.